The van der Waals surface area contributed by atoms with Gasteiger partial charge in [-0.3, -0.25) is 4.99 Å². The van der Waals surface area contributed by atoms with Crippen molar-refractivity contribution in [2.45, 2.75) is 52.9 Å². The molecule has 0 radical (unpaired) electrons. The fraction of sp³-hybridized carbons (Fsp3) is 0.579. The van der Waals surface area contributed by atoms with Crippen LogP contribution in [0.2, 0.25) is 0 Å². The van der Waals surface area contributed by atoms with Crippen molar-refractivity contribution in [1.82, 2.24) is 16.0 Å². The third kappa shape index (κ3) is 12.3. The molecule has 0 aromatic heterocycles. The number of rotatable bonds is 7. The molecule has 1 amide bonds. The molecule has 1 aromatic rings. The van der Waals surface area contributed by atoms with Gasteiger partial charge in [0.15, 0.2) is 5.96 Å². The van der Waals surface area contributed by atoms with E-state index in [1.165, 1.54) is 0 Å². The van der Waals surface area contributed by atoms with E-state index in [9.17, 15) is 4.79 Å². The van der Waals surface area contributed by atoms with E-state index in [2.05, 4.69) is 20.9 Å². The molecule has 0 heterocycles. The van der Waals surface area contributed by atoms with Crippen molar-refractivity contribution in [2.75, 3.05) is 20.1 Å². The highest BCUT2D eigenvalue weighted by Gasteiger charge is 2.15. The van der Waals surface area contributed by atoms with E-state index in [4.69, 9.17) is 9.47 Å². The third-order valence-corrected chi connectivity index (χ3v) is 3.04. The van der Waals surface area contributed by atoms with Crippen LogP contribution in [0.15, 0.2) is 29.3 Å². The predicted molar refractivity (Wildman–Crippen MR) is 120 cm³/mol. The van der Waals surface area contributed by atoms with E-state index >= 15 is 0 Å². The maximum atomic E-state index is 11.6. The molecule has 154 valence electrons. The Morgan fingerprint density at radius 1 is 1.15 bits per heavy atom. The number of halogens is 1. The second kappa shape index (κ2) is 12.6. The Morgan fingerprint density at radius 3 is 2.41 bits per heavy atom. The maximum absolute atomic E-state index is 11.6. The van der Waals surface area contributed by atoms with Crippen LogP contribution in [-0.4, -0.2) is 43.9 Å². The molecule has 0 unspecified atom stereocenters. The molecule has 27 heavy (non-hydrogen) atoms. The molecule has 0 aliphatic rings. The van der Waals surface area contributed by atoms with Gasteiger partial charge in [-0.2, -0.15) is 0 Å². The van der Waals surface area contributed by atoms with Crippen molar-refractivity contribution in [3.05, 3.63) is 29.8 Å². The van der Waals surface area contributed by atoms with Gasteiger partial charge in [-0.05, 0) is 52.3 Å². The van der Waals surface area contributed by atoms with E-state index in [1.54, 1.807) is 7.05 Å². The molecular formula is C19H33IN4O3. The van der Waals surface area contributed by atoms with Crippen molar-refractivity contribution in [2.24, 2.45) is 4.99 Å². The number of benzene rings is 1. The number of nitrogens with zero attached hydrogens (tertiary/aromatic N) is 1. The van der Waals surface area contributed by atoms with Crippen LogP contribution < -0.4 is 20.7 Å². The van der Waals surface area contributed by atoms with Crippen molar-refractivity contribution in [3.8, 4) is 5.75 Å². The first-order chi connectivity index (χ1) is 12.2. The Kier molecular flexibility index (Phi) is 11.8. The van der Waals surface area contributed by atoms with Gasteiger partial charge < -0.3 is 25.4 Å². The number of carbonyl (C=O) groups is 1. The smallest absolute Gasteiger partial charge is 0.407 e. The molecular weight excluding hydrogens is 459 g/mol. The zero-order valence-electron chi connectivity index (χ0n) is 17.1. The van der Waals surface area contributed by atoms with Gasteiger partial charge in [-0.25, -0.2) is 4.79 Å². The second-order valence-corrected chi connectivity index (χ2v) is 7.10. The van der Waals surface area contributed by atoms with E-state index < -0.39 is 11.7 Å². The molecule has 0 spiro atoms. The van der Waals surface area contributed by atoms with Crippen LogP contribution in [0.1, 0.15) is 40.2 Å². The SMILES string of the molecule is CN=C(NCCNC(=O)OC(C)(C)C)NCc1cccc(OC(C)C)c1.I. The Hall–Kier alpha value is -1.71. The summed E-state index contributed by atoms with van der Waals surface area (Å²) in [7, 11) is 1.70. The van der Waals surface area contributed by atoms with E-state index in [-0.39, 0.29) is 30.1 Å². The molecule has 0 saturated heterocycles. The van der Waals surface area contributed by atoms with Crippen LogP contribution >= 0.6 is 24.0 Å². The summed E-state index contributed by atoms with van der Waals surface area (Å²) < 4.78 is 10.9. The average molecular weight is 492 g/mol. The van der Waals surface area contributed by atoms with E-state index in [0.29, 0.717) is 25.6 Å². The molecule has 0 saturated carbocycles. The minimum atomic E-state index is -0.497. The lowest BCUT2D eigenvalue weighted by Gasteiger charge is -2.20. The summed E-state index contributed by atoms with van der Waals surface area (Å²) >= 11 is 0. The Bertz CT molecular complexity index is 601. The van der Waals surface area contributed by atoms with E-state index in [1.807, 2.05) is 58.9 Å². The van der Waals surface area contributed by atoms with Gasteiger partial charge in [0, 0.05) is 26.7 Å². The van der Waals surface area contributed by atoms with Crippen molar-refractivity contribution in [3.63, 3.8) is 0 Å². The average Bonchev–Trinajstić information content (AvgIpc) is 2.52. The largest absolute Gasteiger partial charge is 0.491 e. The van der Waals surface area contributed by atoms with Crippen molar-refractivity contribution in [1.29, 1.82) is 0 Å². The third-order valence-electron chi connectivity index (χ3n) is 3.04. The Morgan fingerprint density at radius 2 is 1.81 bits per heavy atom. The van der Waals surface area contributed by atoms with Crippen molar-refractivity contribution >= 4 is 36.0 Å². The van der Waals surface area contributed by atoms with Crippen LogP contribution in [0, 0.1) is 0 Å². The standard InChI is InChI=1S/C19H32N4O3.HI/c1-14(2)25-16-9-7-8-15(12-16)13-23-17(20-6)21-10-11-22-18(24)26-19(3,4)5;/h7-9,12,14H,10-11,13H2,1-6H3,(H,22,24)(H2,20,21,23);1H. The van der Waals surface area contributed by atoms with Crippen molar-refractivity contribution < 1.29 is 14.3 Å². The number of hydrogen-bond acceptors (Lipinski definition) is 4. The molecule has 8 heteroatoms. The van der Waals surface area contributed by atoms with Gasteiger partial charge in [0.2, 0.25) is 0 Å². The molecule has 1 rings (SSSR count). The van der Waals surface area contributed by atoms with Gasteiger partial charge in [-0.1, -0.05) is 12.1 Å². The number of amides is 1. The molecule has 0 fully saturated rings. The number of nitrogens with one attached hydrogen (secondary N) is 3. The lowest BCUT2D eigenvalue weighted by atomic mass is 10.2. The fourth-order valence-corrected chi connectivity index (χ4v) is 2.07. The summed E-state index contributed by atoms with van der Waals surface area (Å²) in [6.45, 7) is 11.1. The first-order valence-corrected chi connectivity index (χ1v) is 8.86. The maximum Gasteiger partial charge on any atom is 0.407 e. The number of carbonyl (C=O) groups excluding carboxylic acids is 1. The number of alkyl carbamates (subject to hydrolysis) is 1. The number of ether oxygens (including phenoxy) is 2. The summed E-state index contributed by atoms with van der Waals surface area (Å²) in [5.41, 5.74) is 0.598. The highest BCUT2D eigenvalue weighted by Crippen LogP contribution is 2.14. The Balaban J connectivity index is 0.00000676. The van der Waals surface area contributed by atoms with Gasteiger partial charge in [0.05, 0.1) is 6.10 Å². The molecule has 0 aliphatic heterocycles. The molecule has 0 aliphatic carbocycles. The monoisotopic (exact) mass is 492 g/mol. The van der Waals surface area contributed by atoms with Crippen LogP contribution in [-0.2, 0) is 11.3 Å². The van der Waals surface area contributed by atoms with Crippen LogP contribution in [0.5, 0.6) is 5.75 Å². The summed E-state index contributed by atoms with van der Waals surface area (Å²) in [6, 6.07) is 7.94. The molecule has 0 bridgehead atoms. The van der Waals surface area contributed by atoms with Crippen LogP contribution in [0.3, 0.4) is 0 Å². The first-order valence-electron chi connectivity index (χ1n) is 8.86. The minimum Gasteiger partial charge on any atom is -0.491 e. The molecule has 0 atom stereocenters. The zero-order valence-corrected chi connectivity index (χ0v) is 19.4. The number of hydrogen-bond donors (Lipinski definition) is 3. The highest BCUT2D eigenvalue weighted by atomic mass is 127. The summed E-state index contributed by atoms with van der Waals surface area (Å²) in [4.78, 5) is 15.7. The summed E-state index contributed by atoms with van der Waals surface area (Å²) in [6.07, 6.45) is -0.283. The molecule has 7 nitrogen and oxygen atoms in total. The zero-order chi connectivity index (χ0) is 19.6. The van der Waals surface area contributed by atoms with Gasteiger partial charge in [0.25, 0.3) is 0 Å². The van der Waals surface area contributed by atoms with Crippen LogP contribution in [0.25, 0.3) is 0 Å². The van der Waals surface area contributed by atoms with Gasteiger partial charge >= 0.3 is 6.09 Å². The number of guanidine groups is 1. The lowest BCUT2D eigenvalue weighted by Crippen LogP contribution is -2.42. The quantitative estimate of drug-likeness (QED) is 0.236. The molecule has 1 aromatic carbocycles. The highest BCUT2D eigenvalue weighted by molar-refractivity contribution is 14.0. The number of aliphatic imine (C=N–C) groups is 1. The van der Waals surface area contributed by atoms with E-state index in [0.717, 1.165) is 11.3 Å². The minimum absolute atomic E-state index is 0. The first kappa shape index (κ1) is 25.3. The summed E-state index contributed by atoms with van der Waals surface area (Å²) in [5.74, 6) is 1.51. The second-order valence-electron chi connectivity index (χ2n) is 7.10. The topological polar surface area (TPSA) is 84.0 Å². The molecule has 3 N–H and O–H groups in total. The predicted octanol–water partition coefficient (Wildman–Crippen LogP) is 3.28. The fourth-order valence-electron chi connectivity index (χ4n) is 2.07. The normalized spacial score (nSPS) is 11.4. The van der Waals surface area contributed by atoms with Gasteiger partial charge in [-0.15, -0.1) is 24.0 Å². The van der Waals surface area contributed by atoms with Crippen LogP contribution in [0.4, 0.5) is 4.79 Å². The Labute approximate surface area is 179 Å². The lowest BCUT2D eigenvalue weighted by molar-refractivity contribution is 0.0529. The summed E-state index contributed by atoms with van der Waals surface area (Å²) in [5, 5.41) is 9.07. The van der Waals surface area contributed by atoms with Gasteiger partial charge in [0.1, 0.15) is 11.4 Å².